The maximum atomic E-state index is 13.5. The van der Waals surface area contributed by atoms with Crippen molar-refractivity contribution in [3.63, 3.8) is 0 Å². The summed E-state index contributed by atoms with van der Waals surface area (Å²) in [6.45, 7) is 1.73. The van der Waals surface area contributed by atoms with Crippen LogP contribution >= 0.6 is 15.9 Å². The fourth-order valence-electron chi connectivity index (χ4n) is 3.23. The SMILES string of the molecule is O=C1NC(=O)N(c2cccc(F)c2)C(=O)/C1=C/c1cc(Br)c(N2CCCC2)o1. The molecule has 0 radical (unpaired) electrons. The topological polar surface area (TPSA) is 82.9 Å². The van der Waals surface area contributed by atoms with Crippen molar-refractivity contribution in [1.29, 1.82) is 0 Å². The van der Waals surface area contributed by atoms with Crippen LogP contribution in [0.4, 0.5) is 20.8 Å². The third-order valence-corrected chi connectivity index (χ3v) is 5.10. The molecule has 3 heterocycles. The van der Waals surface area contributed by atoms with Crippen molar-refractivity contribution in [2.45, 2.75) is 12.8 Å². The van der Waals surface area contributed by atoms with E-state index in [1.54, 1.807) is 6.07 Å². The van der Waals surface area contributed by atoms with Crippen LogP contribution in [0.1, 0.15) is 18.6 Å². The van der Waals surface area contributed by atoms with Crippen LogP contribution in [0.25, 0.3) is 6.08 Å². The Morgan fingerprint density at radius 2 is 1.89 bits per heavy atom. The van der Waals surface area contributed by atoms with Crippen LogP contribution in [0, 0.1) is 5.82 Å². The molecule has 0 spiro atoms. The standard InChI is InChI=1S/C19H15BrFN3O4/c20-15-10-13(28-18(15)23-6-1-2-7-23)9-14-16(25)22-19(27)24(17(14)26)12-5-3-4-11(21)8-12/h3-5,8-10H,1-2,6-7H2,(H,22,25,27)/b14-9+. The molecule has 28 heavy (non-hydrogen) atoms. The number of carbonyl (C=O) groups is 3. The molecule has 7 nitrogen and oxygen atoms in total. The van der Waals surface area contributed by atoms with Gasteiger partial charge in [-0.1, -0.05) is 6.07 Å². The zero-order valence-electron chi connectivity index (χ0n) is 14.6. The van der Waals surface area contributed by atoms with Crippen molar-refractivity contribution in [3.8, 4) is 0 Å². The minimum atomic E-state index is -0.934. The van der Waals surface area contributed by atoms with Gasteiger partial charge in [0, 0.05) is 19.2 Å². The predicted octanol–water partition coefficient (Wildman–Crippen LogP) is 3.45. The number of barbiturate groups is 1. The van der Waals surface area contributed by atoms with E-state index < -0.39 is 23.7 Å². The van der Waals surface area contributed by atoms with Gasteiger partial charge in [-0.3, -0.25) is 14.9 Å². The summed E-state index contributed by atoms with van der Waals surface area (Å²) in [6.07, 6.45) is 3.41. The van der Waals surface area contributed by atoms with Gasteiger partial charge in [-0.05, 0) is 53.0 Å². The highest BCUT2D eigenvalue weighted by Gasteiger charge is 2.37. The lowest BCUT2D eigenvalue weighted by atomic mass is 10.1. The number of anilines is 2. The Bertz CT molecular complexity index is 1010. The van der Waals surface area contributed by atoms with Crippen molar-refractivity contribution in [1.82, 2.24) is 5.32 Å². The molecule has 4 rings (SSSR count). The number of imide groups is 2. The first-order valence-electron chi connectivity index (χ1n) is 8.65. The lowest BCUT2D eigenvalue weighted by Gasteiger charge is -2.26. The van der Waals surface area contributed by atoms with E-state index >= 15 is 0 Å². The van der Waals surface area contributed by atoms with Crippen LogP contribution in [-0.2, 0) is 9.59 Å². The van der Waals surface area contributed by atoms with E-state index in [1.807, 2.05) is 0 Å². The van der Waals surface area contributed by atoms with E-state index in [-0.39, 0.29) is 11.3 Å². The summed E-state index contributed by atoms with van der Waals surface area (Å²) in [6, 6.07) is 5.73. The Morgan fingerprint density at radius 1 is 1.14 bits per heavy atom. The molecule has 2 fully saturated rings. The summed E-state index contributed by atoms with van der Waals surface area (Å²) < 4.78 is 20.0. The second kappa shape index (κ2) is 7.23. The van der Waals surface area contributed by atoms with Gasteiger partial charge in [0.1, 0.15) is 17.2 Å². The van der Waals surface area contributed by atoms with Crippen molar-refractivity contribution < 1.29 is 23.2 Å². The number of carbonyl (C=O) groups excluding carboxylic acids is 3. The predicted molar refractivity (Wildman–Crippen MR) is 103 cm³/mol. The maximum Gasteiger partial charge on any atom is 0.335 e. The highest BCUT2D eigenvalue weighted by atomic mass is 79.9. The lowest BCUT2D eigenvalue weighted by molar-refractivity contribution is -0.122. The van der Waals surface area contributed by atoms with E-state index in [0.29, 0.717) is 16.1 Å². The fraction of sp³-hybridized carbons (Fsp3) is 0.211. The monoisotopic (exact) mass is 447 g/mol. The number of hydrogen-bond acceptors (Lipinski definition) is 5. The molecule has 0 aliphatic carbocycles. The summed E-state index contributed by atoms with van der Waals surface area (Å²) in [4.78, 5) is 40.0. The molecular formula is C19H15BrFN3O4. The minimum absolute atomic E-state index is 0.0271. The Balaban J connectivity index is 1.68. The molecule has 2 aliphatic heterocycles. The minimum Gasteiger partial charge on any atom is -0.440 e. The van der Waals surface area contributed by atoms with Crippen molar-refractivity contribution >= 4 is 51.4 Å². The zero-order chi connectivity index (χ0) is 19.8. The Hall–Kier alpha value is -2.94. The smallest absolute Gasteiger partial charge is 0.335 e. The molecule has 1 aromatic heterocycles. The molecule has 4 amide bonds. The number of hydrogen-bond donors (Lipinski definition) is 1. The molecule has 2 aliphatic rings. The second-order valence-corrected chi connectivity index (χ2v) is 7.29. The van der Waals surface area contributed by atoms with Gasteiger partial charge in [0.25, 0.3) is 11.8 Å². The molecule has 0 atom stereocenters. The molecule has 1 aromatic carbocycles. The number of urea groups is 1. The van der Waals surface area contributed by atoms with Gasteiger partial charge in [0.15, 0.2) is 0 Å². The first-order valence-corrected chi connectivity index (χ1v) is 9.44. The molecule has 2 aromatic rings. The highest BCUT2D eigenvalue weighted by molar-refractivity contribution is 9.10. The zero-order valence-corrected chi connectivity index (χ0v) is 16.2. The maximum absolute atomic E-state index is 13.5. The molecule has 144 valence electrons. The Labute approximate surface area is 167 Å². The highest BCUT2D eigenvalue weighted by Crippen LogP contribution is 2.34. The Kier molecular flexibility index (Phi) is 4.76. The van der Waals surface area contributed by atoms with Crippen LogP contribution in [0.5, 0.6) is 0 Å². The normalized spacial score (nSPS) is 18.9. The third-order valence-electron chi connectivity index (χ3n) is 4.54. The van der Waals surface area contributed by atoms with Crippen LogP contribution in [-0.4, -0.2) is 30.9 Å². The number of nitrogens with one attached hydrogen (secondary N) is 1. The van der Waals surface area contributed by atoms with Gasteiger partial charge in [-0.15, -0.1) is 0 Å². The van der Waals surface area contributed by atoms with Crippen LogP contribution in [0.2, 0.25) is 0 Å². The molecule has 0 bridgehead atoms. The van der Waals surface area contributed by atoms with Gasteiger partial charge in [0.2, 0.25) is 5.88 Å². The van der Waals surface area contributed by atoms with Gasteiger partial charge >= 0.3 is 6.03 Å². The summed E-state index contributed by atoms with van der Waals surface area (Å²) in [5.41, 5.74) is -0.252. The average molecular weight is 448 g/mol. The summed E-state index contributed by atoms with van der Waals surface area (Å²) >= 11 is 3.43. The molecule has 0 unspecified atom stereocenters. The molecule has 1 N–H and O–H groups in total. The lowest BCUT2D eigenvalue weighted by Crippen LogP contribution is -2.54. The molecular weight excluding hydrogens is 433 g/mol. The number of amides is 4. The number of rotatable bonds is 3. The largest absolute Gasteiger partial charge is 0.440 e. The molecule has 9 heteroatoms. The second-order valence-electron chi connectivity index (χ2n) is 6.43. The number of halogens is 2. The van der Waals surface area contributed by atoms with E-state index in [9.17, 15) is 18.8 Å². The average Bonchev–Trinajstić information content (AvgIpc) is 3.28. The first-order chi connectivity index (χ1) is 13.4. The van der Waals surface area contributed by atoms with Gasteiger partial charge < -0.3 is 9.32 Å². The van der Waals surface area contributed by atoms with E-state index in [4.69, 9.17) is 4.42 Å². The summed E-state index contributed by atoms with van der Waals surface area (Å²) in [5, 5.41) is 2.10. The Morgan fingerprint density at radius 3 is 2.61 bits per heavy atom. The third kappa shape index (κ3) is 3.33. The molecule has 2 saturated heterocycles. The fourth-order valence-corrected chi connectivity index (χ4v) is 3.79. The summed E-state index contributed by atoms with van der Waals surface area (Å²) in [7, 11) is 0. The van der Waals surface area contributed by atoms with Crippen molar-refractivity contribution in [3.05, 3.63) is 52.0 Å². The van der Waals surface area contributed by atoms with Crippen molar-refractivity contribution in [2.24, 2.45) is 0 Å². The summed E-state index contributed by atoms with van der Waals surface area (Å²) in [5.74, 6) is -1.37. The van der Waals surface area contributed by atoms with E-state index in [2.05, 4.69) is 26.1 Å². The molecule has 0 saturated carbocycles. The van der Waals surface area contributed by atoms with E-state index in [1.165, 1.54) is 24.3 Å². The van der Waals surface area contributed by atoms with E-state index in [0.717, 1.165) is 36.9 Å². The van der Waals surface area contributed by atoms with Gasteiger partial charge in [0.05, 0.1) is 10.2 Å². The van der Waals surface area contributed by atoms with Gasteiger partial charge in [-0.2, -0.15) is 0 Å². The van der Waals surface area contributed by atoms with Crippen LogP contribution in [0.3, 0.4) is 0 Å². The number of furan rings is 1. The van der Waals surface area contributed by atoms with Crippen molar-refractivity contribution in [2.75, 3.05) is 22.9 Å². The first kappa shape index (κ1) is 18.4. The number of nitrogens with zero attached hydrogens (tertiary/aromatic N) is 2. The van der Waals surface area contributed by atoms with Gasteiger partial charge in [-0.25, -0.2) is 14.1 Å². The number of benzene rings is 1. The van der Waals surface area contributed by atoms with Crippen LogP contribution < -0.4 is 15.1 Å². The van der Waals surface area contributed by atoms with Crippen LogP contribution in [0.15, 0.2) is 44.8 Å². The quantitative estimate of drug-likeness (QED) is 0.575.